The molecule has 0 heterocycles. The van der Waals surface area contributed by atoms with Gasteiger partial charge in [0.15, 0.2) is 0 Å². The molecule has 0 aliphatic heterocycles. The van der Waals surface area contributed by atoms with Gasteiger partial charge < -0.3 is 5.32 Å². The molecular formula is C12H17N3O2S. The molecule has 0 amide bonds. The molecule has 5 nitrogen and oxygen atoms in total. The van der Waals surface area contributed by atoms with Crippen LogP contribution in [-0.4, -0.2) is 28.1 Å². The Labute approximate surface area is 108 Å². The highest BCUT2D eigenvalue weighted by molar-refractivity contribution is 7.89. The number of sulfonamides is 1. The third-order valence-corrected chi connectivity index (χ3v) is 3.94. The normalized spacial score (nSPS) is 11.1. The van der Waals surface area contributed by atoms with Gasteiger partial charge in [-0.15, -0.1) is 0 Å². The Balaban J connectivity index is 2.81. The molecule has 0 fully saturated rings. The molecule has 0 aliphatic carbocycles. The number of rotatable bonds is 7. The van der Waals surface area contributed by atoms with Gasteiger partial charge in [-0.2, -0.15) is 5.26 Å². The summed E-state index contributed by atoms with van der Waals surface area (Å²) >= 11 is 0. The highest BCUT2D eigenvalue weighted by atomic mass is 32.2. The molecule has 1 rings (SSSR count). The van der Waals surface area contributed by atoms with Crippen LogP contribution < -0.4 is 10.0 Å². The van der Waals surface area contributed by atoms with Gasteiger partial charge in [0.25, 0.3) is 0 Å². The van der Waals surface area contributed by atoms with E-state index in [1.54, 1.807) is 18.2 Å². The molecule has 1 aromatic rings. The summed E-state index contributed by atoms with van der Waals surface area (Å²) in [5.74, 6) is 0. The lowest BCUT2D eigenvalue weighted by atomic mass is 10.2. The summed E-state index contributed by atoms with van der Waals surface area (Å²) in [7, 11) is -3.53. The van der Waals surface area contributed by atoms with E-state index in [2.05, 4.69) is 10.0 Å². The zero-order valence-corrected chi connectivity index (χ0v) is 11.1. The first-order chi connectivity index (χ1) is 8.61. The predicted molar refractivity (Wildman–Crippen MR) is 69.5 cm³/mol. The van der Waals surface area contributed by atoms with Gasteiger partial charge in [-0.3, -0.25) is 0 Å². The minimum atomic E-state index is -3.53. The Morgan fingerprint density at radius 3 is 2.67 bits per heavy atom. The summed E-state index contributed by atoms with van der Waals surface area (Å²) in [6.45, 7) is 3.66. The van der Waals surface area contributed by atoms with Crippen LogP contribution in [0.3, 0.4) is 0 Å². The van der Waals surface area contributed by atoms with Crippen LogP contribution in [0.2, 0.25) is 0 Å². The Kier molecular flexibility index (Phi) is 5.78. The van der Waals surface area contributed by atoms with E-state index in [4.69, 9.17) is 5.26 Å². The Hall–Kier alpha value is -1.42. The van der Waals surface area contributed by atoms with Gasteiger partial charge in [-0.1, -0.05) is 25.1 Å². The van der Waals surface area contributed by atoms with E-state index in [0.29, 0.717) is 18.7 Å². The second-order valence-electron chi connectivity index (χ2n) is 3.69. The van der Waals surface area contributed by atoms with Crippen molar-refractivity contribution < 1.29 is 8.42 Å². The molecular weight excluding hydrogens is 250 g/mol. The zero-order chi connectivity index (χ0) is 13.4. The molecule has 0 aliphatic rings. The molecule has 0 aromatic heterocycles. The number of nitriles is 1. The molecule has 0 bridgehead atoms. The van der Waals surface area contributed by atoms with Gasteiger partial charge in [0.2, 0.25) is 10.0 Å². The average Bonchev–Trinajstić information content (AvgIpc) is 2.36. The fraction of sp³-hybridized carbons (Fsp3) is 0.417. The van der Waals surface area contributed by atoms with Gasteiger partial charge >= 0.3 is 0 Å². The number of benzene rings is 1. The molecule has 0 radical (unpaired) electrons. The molecule has 0 atom stereocenters. The molecule has 6 heteroatoms. The molecule has 1 aromatic carbocycles. The topological polar surface area (TPSA) is 82.0 Å². The van der Waals surface area contributed by atoms with Crippen LogP contribution >= 0.6 is 0 Å². The van der Waals surface area contributed by atoms with Gasteiger partial charge in [-0.25, -0.2) is 13.1 Å². The van der Waals surface area contributed by atoms with Crippen LogP contribution in [0.15, 0.2) is 29.2 Å². The van der Waals surface area contributed by atoms with Crippen LogP contribution in [-0.2, 0) is 16.4 Å². The molecule has 2 N–H and O–H groups in total. The fourth-order valence-corrected chi connectivity index (χ4v) is 2.79. The molecule has 18 heavy (non-hydrogen) atoms. The van der Waals surface area contributed by atoms with E-state index in [1.807, 2.05) is 13.0 Å². The lowest BCUT2D eigenvalue weighted by Gasteiger charge is -2.09. The van der Waals surface area contributed by atoms with Crippen molar-refractivity contribution in [2.45, 2.75) is 18.2 Å². The van der Waals surface area contributed by atoms with Crippen molar-refractivity contribution in [3.8, 4) is 6.07 Å². The Morgan fingerprint density at radius 2 is 2.00 bits per heavy atom. The summed E-state index contributed by atoms with van der Waals surface area (Å²) in [6, 6.07) is 8.52. The van der Waals surface area contributed by atoms with Crippen LogP contribution in [0, 0.1) is 11.3 Å². The number of hydrogen-bond acceptors (Lipinski definition) is 4. The first kappa shape index (κ1) is 14.6. The highest BCUT2D eigenvalue weighted by Gasteiger charge is 2.16. The summed E-state index contributed by atoms with van der Waals surface area (Å²) < 4.78 is 26.6. The largest absolute Gasteiger partial charge is 0.316 e. The molecule has 0 spiro atoms. The molecule has 98 valence electrons. The molecule has 0 saturated carbocycles. The third-order valence-electron chi connectivity index (χ3n) is 2.38. The van der Waals surface area contributed by atoms with Gasteiger partial charge in [0.05, 0.1) is 17.4 Å². The van der Waals surface area contributed by atoms with E-state index in [9.17, 15) is 8.42 Å². The van der Waals surface area contributed by atoms with Gasteiger partial charge in [0.1, 0.15) is 0 Å². The summed E-state index contributed by atoms with van der Waals surface area (Å²) in [5.41, 5.74) is 0.524. The van der Waals surface area contributed by atoms with E-state index in [0.717, 1.165) is 6.54 Å². The van der Waals surface area contributed by atoms with E-state index in [-0.39, 0.29) is 11.3 Å². The van der Waals surface area contributed by atoms with Crippen molar-refractivity contribution in [1.82, 2.24) is 10.0 Å². The van der Waals surface area contributed by atoms with Gasteiger partial charge in [0, 0.05) is 13.1 Å². The maximum Gasteiger partial charge on any atom is 0.240 e. The second-order valence-corrected chi connectivity index (χ2v) is 5.43. The third kappa shape index (κ3) is 4.11. The van der Waals surface area contributed by atoms with E-state index in [1.165, 1.54) is 6.07 Å². The van der Waals surface area contributed by atoms with Crippen LogP contribution in [0.1, 0.15) is 12.5 Å². The maximum absolute atomic E-state index is 12.0. The standard InChI is InChI=1S/C12H17N3O2S/c1-2-14-9-10-15-18(16,17)12-6-4-3-5-11(12)7-8-13/h3-6,14-15H,2,7,9-10H2,1H3. The Morgan fingerprint density at radius 1 is 1.28 bits per heavy atom. The van der Waals surface area contributed by atoms with E-state index < -0.39 is 10.0 Å². The first-order valence-electron chi connectivity index (χ1n) is 5.77. The predicted octanol–water partition coefficient (Wildman–Crippen LogP) is 0.640. The van der Waals surface area contributed by atoms with E-state index >= 15 is 0 Å². The number of likely N-dealkylation sites (N-methyl/N-ethyl adjacent to an activating group) is 1. The summed E-state index contributed by atoms with van der Waals surface area (Å²) in [4.78, 5) is 0.183. The smallest absolute Gasteiger partial charge is 0.240 e. The summed E-state index contributed by atoms with van der Waals surface area (Å²) in [6.07, 6.45) is 0.0876. The number of hydrogen-bond donors (Lipinski definition) is 2. The highest BCUT2D eigenvalue weighted by Crippen LogP contribution is 2.15. The van der Waals surface area contributed by atoms with Crippen molar-refractivity contribution in [1.29, 1.82) is 5.26 Å². The maximum atomic E-state index is 12.0. The molecule has 0 unspecified atom stereocenters. The van der Waals surface area contributed by atoms with Crippen LogP contribution in [0.5, 0.6) is 0 Å². The monoisotopic (exact) mass is 267 g/mol. The quantitative estimate of drug-likeness (QED) is 0.710. The van der Waals surface area contributed by atoms with Crippen LogP contribution in [0.4, 0.5) is 0 Å². The lowest BCUT2D eigenvalue weighted by Crippen LogP contribution is -2.32. The number of nitrogens with zero attached hydrogens (tertiary/aromatic N) is 1. The SMILES string of the molecule is CCNCCNS(=O)(=O)c1ccccc1CC#N. The van der Waals surface area contributed by atoms with Crippen molar-refractivity contribution >= 4 is 10.0 Å². The Bertz CT molecular complexity index is 520. The number of nitrogens with one attached hydrogen (secondary N) is 2. The second kappa shape index (κ2) is 7.11. The van der Waals surface area contributed by atoms with Crippen molar-refractivity contribution in [2.75, 3.05) is 19.6 Å². The fourth-order valence-electron chi connectivity index (χ4n) is 1.53. The average molecular weight is 267 g/mol. The zero-order valence-electron chi connectivity index (χ0n) is 10.3. The molecule has 0 saturated heterocycles. The minimum absolute atomic E-state index is 0.0876. The first-order valence-corrected chi connectivity index (χ1v) is 7.25. The van der Waals surface area contributed by atoms with Crippen molar-refractivity contribution in [3.05, 3.63) is 29.8 Å². The van der Waals surface area contributed by atoms with Crippen molar-refractivity contribution in [2.24, 2.45) is 0 Å². The van der Waals surface area contributed by atoms with Crippen LogP contribution in [0.25, 0.3) is 0 Å². The van der Waals surface area contributed by atoms with Crippen molar-refractivity contribution in [3.63, 3.8) is 0 Å². The lowest BCUT2D eigenvalue weighted by molar-refractivity contribution is 0.576. The summed E-state index contributed by atoms with van der Waals surface area (Å²) in [5, 5.41) is 11.7. The minimum Gasteiger partial charge on any atom is -0.316 e. The van der Waals surface area contributed by atoms with Gasteiger partial charge in [-0.05, 0) is 18.2 Å².